The fourth-order valence-electron chi connectivity index (χ4n) is 2.34. The number of carbonyl (C=O) groups is 1. The number of nitrogens with one attached hydrogen (secondary N) is 1. The minimum Gasteiger partial charge on any atom is -0.497 e. The normalized spacial score (nSPS) is 15.7. The first-order valence-electron chi connectivity index (χ1n) is 6.94. The highest BCUT2D eigenvalue weighted by molar-refractivity contribution is 5.77. The Morgan fingerprint density at radius 2 is 2.05 bits per heavy atom. The standard InChI is InChI=1S/C15H22N2O3/c1-17(12-6-8-16-9-7-12)15(18)11-20-14-5-3-4-13(10-14)19-2/h3-5,10,12,16H,6-9,11H2,1-2H3. The van der Waals surface area contributed by atoms with Gasteiger partial charge in [0.2, 0.25) is 0 Å². The number of ether oxygens (including phenoxy) is 2. The smallest absolute Gasteiger partial charge is 0.260 e. The molecule has 1 aliphatic heterocycles. The van der Waals surface area contributed by atoms with Crippen LogP contribution in [0.4, 0.5) is 0 Å². The predicted molar refractivity (Wildman–Crippen MR) is 77.2 cm³/mol. The number of rotatable bonds is 5. The fraction of sp³-hybridized carbons (Fsp3) is 0.533. The van der Waals surface area contributed by atoms with Crippen molar-refractivity contribution in [1.82, 2.24) is 10.2 Å². The van der Waals surface area contributed by atoms with Gasteiger partial charge in [-0.05, 0) is 38.1 Å². The summed E-state index contributed by atoms with van der Waals surface area (Å²) in [7, 11) is 3.46. The van der Waals surface area contributed by atoms with Gasteiger partial charge in [0.15, 0.2) is 6.61 Å². The molecular weight excluding hydrogens is 256 g/mol. The Morgan fingerprint density at radius 3 is 2.75 bits per heavy atom. The number of likely N-dealkylation sites (N-methyl/N-ethyl adjacent to an activating group) is 1. The summed E-state index contributed by atoms with van der Waals surface area (Å²) in [6, 6.07) is 7.60. The van der Waals surface area contributed by atoms with E-state index in [1.165, 1.54) is 0 Å². The second-order valence-corrected chi connectivity index (χ2v) is 4.95. The highest BCUT2D eigenvalue weighted by Gasteiger charge is 2.21. The third-order valence-electron chi connectivity index (χ3n) is 3.65. The highest BCUT2D eigenvalue weighted by atomic mass is 16.5. The van der Waals surface area contributed by atoms with E-state index < -0.39 is 0 Å². The third-order valence-corrected chi connectivity index (χ3v) is 3.65. The Morgan fingerprint density at radius 1 is 1.35 bits per heavy atom. The Labute approximate surface area is 119 Å². The fourth-order valence-corrected chi connectivity index (χ4v) is 2.34. The Kier molecular flexibility index (Phi) is 5.24. The van der Waals surface area contributed by atoms with Crippen LogP contribution in [0, 0.1) is 0 Å². The van der Waals surface area contributed by atoms with Crippen LogP contribution in [0.1, 0.15) is 12.8 Å². The Bertz CT molecular complexity index is 444. The summed E-state index contributed by atoms with van der Waals surface area (Å²) in [5.41, 5.74) is 0. The zero-order chi connectivity index (χ0) is 14.4. The molecule has 0 unspecified atom stereocenters. The van der Waals surface area contributed by atoms with Crippen molar-refractivity contribution >= 4 is 5.91 Å². The second kappa shape index (κ2) is 7.14. The maximum atomic E-state index is 12.1. The van der Waals surface area contributed by atoms with Crippen LogP contribution >= 0.6 is 0 Å². The Balaban J connectivity index is 1.84. The lowest BCUT2D eigenvalue weighted by Crippen LogP contribution is -2.45. The molecule has 0 bridgehead atoms. The molecule has 0 radical (unpaired) electrons. The topological polar surface area (TPSA) is 50.8 Å². The lowest BCUT2D eigenvalue weighted by Gasteiger charge is -2.31. The lowest BCUT2D eigenvalue weighted by atomic mass is 10.1. The predicted octanol–water partition coefficient (Wildman–Crippen LogP) is 1.28. The van der Waals surface area contributed by atoms with Crippen LogP contribution in [-0.4, -0.2) is 50.7 Å². The molecule has 0 aliphatic carbocycles. The van der Waals surface area contributed by atoms with E-state index in [-0.39, 0.29) is 12.5 Å². The first-order valence-corrected chi connectivity index (χ1v) is 6.94. The van der Waals surface area contributed by atoms with Crippen molar-refractivity contribution in [3.63, 3.8) is 0 Å². The number of piperidine rings is 1. The zero-order valence-electron chi connectivity index (χ0n) is 12.1. The van der Waals surface area contributed by atoms with Crippen molar-refractivity contribution in [2.75, 3.05) is 33.9 Å². The number of carbonyl (C=O) groups excluding carboxylic acids is 1. The van der Waals surface area contributed by atoms with Gasteiger partial charge in [-0.25, -0.2) is 0 Å². The summed E-state index contributed by atoms with van der Waals surface area (Å²) in [6.45, 7) is 2.01. The van der Waals surface area contributed by atoms with Gasteiger partial charge in [-0.2, -0.15) is 0 Å². The maximum absolute atomic E-state index is 12.1. The van der Waals surface area contributed by atoms with E-state index in [2.05, 4.69) is 5.32 Å². The highest BCUT2D eigenvalue weighted by Crippen LogP contribution is 2.19. The van der Waals surface area contributed by atoms with E-state index in [0.717, 1.165) is 31.7 Å². The molecule has 5 nitrogen and oxygen atoms in total. The molecule has 1 aromatic rings. The third kappa shape index (κ3) is 3.87. The summed E-state index contributed by atoms with van der Waals surface area (Å²) >= 11 is 0. The van der Waals surface area contributed by atoms with Crippen molar-refractivity contribution in [1.29, 1.82) is 0 Å². The molecule has 1 N–H and O–H groups in total. The molecular formula is C15H22N2O3. The number of hydrogen-bond acceptors (Lipinski definition) is 4. The van der Waals surface area contributed by atoms with Crippen molar-refractivity contribution < 1.29 is 14.3 Å². The van der Waals surface area contributed by atoms with E-state index in [1.54, 1.807) is 18.1 Å². The van der Waals surface area contributed by atoms with Crippen LogP contribution in [0.3, 0.4) is 0 Å². The van der Waals surface area contributed by atoms with E-state index in [4.69, 9.17) is 9.47 Å². The monoisotopic (exact) mass is 278 g/mol. The van der Waals surface area contributed by atoms with Gasteiger partial charge in [0, 0.05) is 19.2 Å². The van der Waals surface area contributed by atoms with Crippen molar-refractivity contribution in [3.05, 3.63) is 24.3 Å². The molecule has 1 aromatic carbocycles. The molecule has 1 fully saturated rings. The first kappa shape index (κ1) is 14.7. The average Bonchev–Trinajstić information content (AvgIpc) is 2.53. The summed E-state index contributed by atoms with van der Waals surface area (Å²) in [5.74, 6) is 1.39. The zero-order valence-corrected chi connectivity index (χ0v) is 12.1. The summed E-state index contributed by atoms with van der Waals surface area (Å²) in [4.78, 5) is 13.9. The quantitative estimate of drug-likeness (QED) is 0.881. The van der Waals surface area contributed by atoms with Gasteiger partial charge in [0.1, 0.15) is 11.5 Å². The first-order chi connectivity index (χ1) is 9.70. The van der Waals surface area contributed by atoms with Crippen molar-refractivity contribution in [2.24, 2.45) is 0 Å². The molecule has 1 aliphatic rings. The van der Waals surface area contributed by atoms with Crippen LogP contribution in [-0.2, 0) is 4.79 Å². The number of methoxy groups -OCH3 is 1. The molecule has 1 saturated heterocycles. The van der Waals surface area contributed by atoms with E-state index in [0.29, 0.717) is 11.8 Å². The SMILES string of the molecule is COc1cccc(OCC(=O)N(C)C2CCNCC2)c1. The molecule has 1 heterocycles. The molecule has 20 heavy (non-hydrogen) atoms. The van der Waals surface area contributed by atoms with Crippen LogP contribution in [0.25, 0.3) is 0 Å². The Hall–Kier alpha value is -1.75. The average molecular weight is 278 g/mol. The van der Waals surface area contributed by atoms with Gasteiger partial charge in [-0.1, -0.05) is 6.07 Å². The van der Waals surface area contributed by atoms with Gasteiger partial charge in [0.05, 0.1) is 7.11 Å². The number of hydrogen-bond donors (Lipinski definition) is 1. The van der Waals surface area contributed by atoms with Gasteiger partial charge in [-0.15, -0.1) is 0 Å². The summed E-state index contributed by atoms with van der Waals surface area (Å²) in [6.07, 6.45) is 2.00. The second-order valence-electron chi connectivity index (χ2n) is 4.95. The molecule has 110 valence electrons. The molecule has 2 rings (SSSR count). The van der Waals surface area contributed by atoms with Crippen LogP contribution in [0.5, 0.6) is 11.5 Å². The number of benzene rings is 1. The van der Waals surface area contributed by atoms with Crippen LogP contribution < -0.4 is 14.8 Å². The molecule has 0 spiro atoms. The van der Waals surface area contributed by atoms with E-state index >= 15 is 0 Å². The maximum Gasteiger partial charge on any atom is 0.260 e. The van der Waals surface area contributed by atoms with Gasteiger partial charge < -0.3 is 19.7 Å². The minimum absolute atomic E-state index is 0.0136. The van der Waals surface area contributed by atoms with E-state index in [9.17, 15) is 4.79 Å². The van der Waals surface area contributed by atoms with Crippen molar-refractivity contribution in [2.45, 2.75) is 18.9 Å². The number of nitrogens with zero attached hydrogens (tertiary/aromatic N) is 1. The molecule has 0 saturated carbocycles. The van der Waals surface area contributed by atoms with Crippen LogP contribution in [0.2, 0.25) is 0 Å². The molecule has 1 amide bonds. The van der Waals surface area contributed by atoms with Crippen LogP contribution in [0.15, 0.2) is 24.3 Å². The summed E-state index contributed by atoms with van der Waals surface area (Å²) < 4.78 is 10.7. The molecule has 0 aromatic heterocycles. The van der Waals surface area contributed by atoms with Gasteiger partial charge in [-0.3, -0.25) is 4.79 Å². The molecule has 5 heteroatoms. The lowest BCUT2D eigenvalue weighted by molar-refractivity contribution is -0.134. The largest absolute Gasteiger partial charge is 0.497 e. The van der Waals surface area contributed by atoms with Gasteiger partial charge >= 0.3 is 0 Å². The van der Waals surface area contributed by atoms with E-state index in [1.807, 2.05) is 25.2 Å². The molecule has 0 atom stereocenters. The summed E-state index contributed by atoms with van der Waals surface area (Å²) in [5, 5.41) is 3.30. The number of amides is 1. The van der Waals surface area contributed by atoms with Crippen molar-refractivity contribution in [3.8, 4) is 11.5 Å². The van der Waals surface area contributed by atoms with Gasteiger partial charge in [0.25, 0.3) is 5.91 Å². The minimum atomic E-state index is 0.0136.